The van der Waals surface area contributed by atoms with Crippen LogP contribution >= 0.6 is 0 Å². The van der Waals surface area contributed by atoms with E-state index in [1.807, 2.05) is 18.5 Å². The summed E-state index contributed by atoms with van der Waals surface area (Å²) in [5, 5.41) is 3.66. The van der Waals surface area contributed by atoms with Gasteiger partial charge >= 0.3 is 0 Å². The number of nitrogens with zero attached hydrogens (tertiary/aromatic N) is 1. The van der Waals surface area contributed by atoms with Crippen LogP contribution in [0, 0.1) is 0 Å². The highest BCUT2D eigenvalue weighted by molar-refractivity contribution is 5.13. The van der Waals surface area contributed by atoms with Gasteiger partial charge in [-0.3, -0.25) is 4.98 Å². The van der Waals surface area contributed by atoms with E-state index in [4.69, 9.17) is 0 Å². The molecule has 21 heavy (non-hydrogen) atoms. The zero-order valence-electron chi connectivity index (χ0n) is 14.1. The molecule has 0 saturated carbocycles. The SMILES string of the molecule is CCCCCCCCCCC(NCCC)c1cccnc1. The fraction of sp³-hybridized carbons (Fsp3) is 0.737. The van der Waals surface area contributed by atoms with Gasteiger partial charge in [-0.1, -0.05) is 71.3 Å². The van der Waals surface area contributed by atoms with Gasteiger partial charge in [0.15, 0.2) is 0 Å². The summed E-state index contributed by atoms with van der Waals surface area (Å²) >= 11 is 0. The van der Waals surface area contributed by atoms with Crippen LogP contribution in [0.2, 0.25) is 0 Å². The van der Waals surface area contributed by atoms with E-state index in [0.717, 1.165) is 6.54 Å². The molecule has 0 spiro atoms. The van der Waals surface area contributed by atoms with Gasteiger partial charge in [0.1, 0.15) is 0 Å². The Bertz CT molecular complexity index is 324. The summed E-state index contributed by atoms with van der Waals surface area (Å²) in [6.07, 6.45) is 17.4. The molecule has 0 radical (unpaired) electrons. The number of nitrogens with one attached hydrogen (secondary N) is 1. The lowest BCUT2D eigenvalue weighted by Gasteiger charge is -2.18. The molecule has 1 unspecified atom stereocenters. The van der Waals surface area contributed by atoms with E-state index in [9.17, 15) is 0 Å². The third kappa shape index (κ3) is 8.87. The monoisotopic (exact) mass is 290 g/mol. The van der Waals surface area contributed by atoms with Gasteiger partial charge in [0.25, 0.3) is 0 Å². The van der Waals surface area contributed by atoms with Crippen LogP contribution in [0.15, 0.2) is 24.5 Å². The first-order valence-corrected chi connectivity index (χ1v) is 9.01. The summed E-state index contributed by atoms with van der Waals surface area (Å²) in [5.41, 5.74) is 1.34. The van der Waals surface area contributed by atoms with Gasteiger partial charge in [-0.15, -0.1) is 0 Å². The summed E-state index contributed by atoms with van der Waals surface area (Å²) in [6.45, 7) is 5.60. The van der Waals surface area contributed by atoms with Crippen molar-refractivity contribution < 1.29 is 0 Å². The summed E-state index contributed by atoms with van der Waals surface area (Å²) in [6, 6.07) is 4.73. The molecule has 120 valence electrons. The van der Waals surface area contributed by atoms with Crippen molar-refractivity contribution in [2.45, 2.75) is 84.1 Å². The molecule has 2 nitrogen and oxygen atoms in total. The molecule has 0 aliphatic rings. The zero-order valence-corrected chi connectivity index (χ0v) is 14.1. The van der Waals surface area contributed by atoms with Crippen LogP contribution in [0.25, 0.3) is 0 Å². The van der Waals surface area contributed by atoms with Crippen molar-refractivity contribution in [2.75, 3.05) is 6.54 Å². The maximum absolute atomic E-state index is 4.26. The molecule has 0 aliphatic heterocycles. The molecule has 1 aromatic rings. The normalized spacial score (nSPS) is 12.5. The van der Waals surface area contributed by atoms with Crippen LogP contribution in [-0.2, 0) is 0 Å². The Balaban J connectivity index is 2.18. The van der Waals surface area contributed by atoms with Crippen molar-refractivity contribution >= 4 is 0 Å². The minimum absolute atomic E-state index is 0.485. The maximum Gasteiger partial charge on any atom is 0.0335 e. The van der Waals surface area contributed by atoms with Crippen LogP contribution in [0.5, 0.6) is 0 Å². The molecule has 0 fully saturated rings. The lowest BCUT2D eigenvalue weighted by molar-refractivity contribution is 0.464. The first-order chi connectivity index (χ1) is 10.4. The first-order valence-electron chi connectivity index (χ1n) is 9.01. The molecule has 0 aliphatic carbocycles. The molecule has 1 N–H and O–H groups in total. The van der Waals surface area contributed by atoms with Crippen molar-refractivity contribution in [1.82, 2.24) is 10.3 Å². The van der Waals surface area contributed by atoms with Gasteiger partial charge in [-0.05, 0) is 31.0 Å². The molecular weight excluding hydrogens is 256 g/mol. The smallest absolute Gasteiger partial charge is 0.0335 e. The number of pyridine rings is 1. The lowest BCUT2D eigenvalue weighted by atomic mass is 10.0. The topological polar surface area (TPSA) is 24.9 Å². The number of rotatable bonds is 13. The Morgan fingerprint density at radius 1 is 0.952 bits per heavy atom. The van der Waals surface area contributed by atoms with Crippen LogP contribution in [-0.4, -0.2) is 11.5 Å². The summed E-state index contributed by atoms with van der Waals surface area (Å²) in [4.78, 5) is 4.26. The zero-order chi connectivity index (χ0) is 15.2. The van der Waals surface area contributed by atoms with E-state index in [0.29, 0.717) is 6.04 Å². The second-order valence-corrected chi connectivity index (χ2v) is 6.06. The highest BCUT2D eigenvalue weighted by Crippen LogP contribution is 2.20. The largest absolute Gasteiger partial charge is 0.310 e. The molecule has 0 bridgehead atoms. The average Bonchev–Trinajstić information content (AvgIpc) is 2.53. The van der Waals surface area contributed by atoms with E-state index in [2.05, 4.69) is 30.2 Å². The van der Waals surface area contributed by atoms with Crippen molar-refractivity contribution in [3.05, 3.63) is 30.1 Å². The minimum Gasteiger partial charge on any atom is -0.310 e. The Hall–Kier alpha value is -0.890. The second-order valence-electron chi connectivity index (χ2n) is 6.06. The predicted molar refractivity (Wildman–Crippen MR) is 92.5 cm³/mol. The maximum atomic E-state index is 4.26. The van der Waals surface area contributed by atoms with Crippen molar-refractivity contribution in [2.24, 2.45) is 0 Å². The first kappa shape index (κ1) is 18.2. The molecule has 2 heteroatoms. The second kappa shape index (κ2) is 12.8. The van der Waals surface area contributed by atoms with Crippen LogP contribution in [0.3, 0.4) is 0 Å². The number of unbranched alkanes of at least 4 members (excludes halogenated alkanes) is 7. The van der Waals surface area contributed by atoms with Gasteiger partial charge in [-0.2, -0.15) is 0 Å². The summed E-state index contributed by atoms with van der Waals surface area (Å²) in [7, 11) is 0. The highest BCUT2D eigenvalue weighted by atomic mass is 14.9. The Kier molecular flexibility index (Phi) is 11.1. The summed E-state index contributed by atoms with van der Waals surface area (Å²) < 4.78 is 0. The van der Waals surface area contributed by atoms with Crippen LogP contribution in [0.4, 0.5) is 0 Å². The standard InChI is InChI=1S/C19H34N2/c1-3-5-6-7-8-9-10-11-14-19(21-15-4-2)18-13-12-16-20-17-18/h12-13,16-17,19,21H,3-11,14-15H2,1-2H3. The number of hydrogen-bond acceptors (Lipinski definition) is 2. The van der Waals surface area contributed by atoms with Gasteiger partial charge in [0, 0.05) is 18.4 Å². The fourth-order valence-electron chi connectivity index (χ4n) is 2.77. The van der Waals surface area contributed by atoms with Gasteiger partial charge < -0.3 is 5.32 Å². The van der Waals surface area contributed by atoms with Crippen LogP contribution in [0.1, 0.15) is 89.7 Å². The van der Waals surface area contributed by atoms with Crippen molar-refractivity contribution in [1.29, 1.82) is 0 Å². The molecule has 1 heterocycles. The van der Waals surface area contributed by atoms with Gasteiger partial charge in [0.05, 0.1) is 0 Å². The fourth-order valence-corrected chi connectivity index (χ4v) is 2.77. The Morgan fingerprint density at radius 2 is 1.67 bits per heavy atom. The number of hydrogen-bond donors (Lipinski definition) is 1. The molecule has 0 aromatic carbocycles. The average molecular weight is 290 g/mol. The van der Waals surface area contributed by atoms with Crippen molar-refractivity contribution in [3.8, 4) is 0 Å². The van der Waals surface area contributed by atoms with Gasteiger partial charge in [-0.25, -0.2) is 0 Å². The van der Waals surface area contributed by atoms with Gasteiger partial charge in [0.2, 0.25) is 0 Å². The third-order valence-corrected chi connectivity index (χ3v) is 4.07. The van der Waals surface area contributed by atoms with E-state index in [-0.39, 0.29) is 0 Å². The Labute approximate surface area is 131 Å². The quantitative estimate of drug-likeness (QED) is 0.475. The third-order valence-electron chi connectivity index (χ3n) is 4.07. The molecule has 1 atom stereocenters. The van der Waals surface area contributed by atoms with E-state index in [1.54, 1.807) is 0 Å². The molecule has 0 amide bonds. The van der Waals surface area contributed by atoms with Crippen molar-refractivity contribution in [3.63, 3.8) is 0 Å². The van der Waals surface area contributed by atoms with E-state index in [1.165, 1.54) is 69.8 Å². The predicted octanol–water partition coefficient (Wildman–Crippen LogP) is 5.65. The molecular formula is C19H34N2. The van der Waals surface area contributed by atoms with Crippen LogP contribution < -0.4 is 5.32 Å². The van der Waals surface area contributed by atoms with E-state index < -0.39 is 0 Å². The Morgan fingerprint density at radius 3 is 2.29 bits per heavy atom. The van der Waals surface area contributed by atoms with E-state index >= 15 is 0 Å². The minimum atomic E-state index is 0.485. The molecule has 1 aromatic heterocycles. The summed E-state index contributed by atoms with van der Waals surface area (Å²) in [5.74, 6) is 0. The highest BCUT2D eigenvalue weighted by Gasteiger charge is 2.09. The molecule has 1 rings (SSSR count). The molecule has 0 saturated heterocycles. The number of aromatic nitrogens is 1. The lowest BCUT2D eigenvalue weighted by Crippen LogP contribution is -2.22.